The summed E-state index contributed by atoms with van der Waals surface area (Å²) in [5.74, 6) is 0.106. The molecule has 0 bridgehead atoms. The van der Waals surface area contributed by atoms with Crippen molar-refractivity contribution in [1.29, 1.82) is 0 Å². The second-order valence-electron chi connectivity index (χ2n) is 3.68. The van der Waals surface area contributed by atoms with E-state index in [0.717, 1.165) is 24.2 Å². The van der Waals surface area contributed by atoms with E-state index in [4.69, 9.17) is 4.74 Å². The summed E-state index contributed by atoms with van der Waals surface area (Å²) in [4.78, 5) is 11.5. The van der Waals surface area contributed by atoms with Gasteiger partial charge in [0.1, 0.15) is 6.10 Å². The molecule has 3 aliphatic rings. The van der Waals surface area contributed by atoms with Crippen LogP contribution >= 0.6 is 0 Å². The summed E-state index contributed by atoms with van der Waals surface area (Å²) in [6, 6.07) is 0. The maximum atomic E-state index is 11.5. The minimum atomic E-state index is -0.343. The van der Waals surface area contributed by atoms with Crippen LogP contribution in [0.1, 0.15) is 13.3 Å². The quantitative estimate of drug-likeness (QED) is 0.433. The van der Waals surface area contributed by atoms with E-state index in [1.54, 1.807) is 6.08 Å². The van der Waals surface area contributed by atoms with Gasteiger partial charge in [-0.1, -0.05) is 6.08 Å². The molecule has 2 saturated heterocycles. The molecular weight excluding hydrogens is 166 g/mol. The summed E-state index contributed by atoms with van der Waals surface area (Å²) >= 11 is 0. The van der Waals surface area contributed by atoms with Gasteiger partial charge in [-0.3, -0.25) is 4.79 Å². The summed E-state index contributed by atoms with van der Waals surface area (Å²) < 4.78 is 5.64. The van der Waals surface area contributed by atoms with Gasteiger partial charge in [0.25, 0.3) is 0 Å². The van der Waals surface area contributed by atoms with Gasteiger partial charge in [0.05, 0.1) is 5.70 Å². The lowest BCUT2D eigenvalue weighted by Crippen LogP contribution is -2.34. The van der Waals surface area contributed by atoms with E-state index in [0.29, 0.717) is 0 Å². The van der Waals surface area contributed by atoms with Crippen molar-refractivity contribution in [2.45, 2.75) is 25.0 Å². The van der Waals surface area contributed by atoms with Gasteiger partial charge in [-0.05, 0) is 13.3 Å². The molecule has 2 atom stereocenters. The topological polar surface area (TPSA) is 41.6 Å². The second-order valence-corrected chi connectivity index (χ2v) is 3.68. The molecule has 3 nitrogen and oxygen atoms in total. The molecule has 1 aliphatic carbocycles. The van der Waals surface area contributed by atoms with Crippen molar-refractivity contribution < 1.29 is 9.53 Å². The number of rotatable bonds is 0. The minimum Gasteiger partial charge on any atom is -0.385 e. The molecule has 2 heterocycles. The van der Waals surface area contributed by atoms with Gasteiger partial charge in [-0.15, -0.1) is 0 Å². The van der Waals surface area contributed by atoms with E-state index < -0.39 is 0 Å². The number of nitrogens with one attached hydrogen (secondary N) is 1. The van der Waals surface area contributed by atoms with Gasteiger partial charge in [0.2, 0.25) is 0 Å². The highest BCUT2D eigenvalue weighted by Crippen LogP contribution is 2.54. The Bertz CT molecular complexity index is 356. The highest BCUT2D eigenvalue weighted by Gasteiger charge is 2.66. The smallest absolute Gasteiger partial charge is 0.186 e. The van der Waals surface area contributed by atoms with Crippen LogP contribution in [0.2, 0.25) is 0 Å². The first-order chi connectivity index (χ1) is 6.29. The van der Waals surface area contributed by atoms with Crippen LogP contribution in [-0.4, -0.2) is 24.0 Å². The lowest BCUT2D eigenvalue weighted by molar-refractivity contribution is -0.111. The first kappa shape index (κ1) is 7.33. The van der Waals surface area contributed by atoms with E-state index in [1.807, 2.05) is 13.0 Å². The van der Waals surface area contributed by atoms with Crippen molar-refractivity contribution in [3.05, 3.63) is 23.4 Å². The maximum Gasteiger partial charge on any atom is 0.186 e. The van der Waals surface area contributed by atoms with Crippen molar-refractivity contribution in [2.24, 2.45) is 0 Å². The average Bonchev–Trinajstić information content (AvgIpc) is 2.75. The van der Waals surface area contributed by atoms with Crippen LogP contribution in [0.3, 0.4) is 0 Å². The molecule has 1 N–H and O–H groups in total. The normalized spacial score (nSPS) is 43.8. The fraction of sp³-hybridized carbons (Fsp3) is 0.500. The third-order valence-corrected chi connectivity index (χ3v) is 3.08. The second kappa shape index (κ2) is 2.04. The molecule has 68 valence electrons. The molecule has 2 unspecified atom stereocenters. The molecular formula is C10H11NO2. The largest absolute Gasteiger partial charge is 0.385 e. The molecule has 1 spiro atoms. The molecule has 0 amide bonds. The van der Waals surface area contributed by atoms with Crippen LogP contribution < -0.4 is 5.32 Å². The third kappa shape index (κ3) is 0.672. The van der Waals surface area contributed by atoms with E-state index in [1.165, 1.54) is 0 Å². The highest BCUT2D eigenvalue weighted by molar-refractivity contribution is 6.11. The average molecular weight is 177 g/mol. The van der Waals surface area contributed by atoms with Gasteiger partial charge in [0, 0.05) is 18.2 Å². The van der Waals surface area contributed by atoms with Crippen LogP contribution in [0.25, 0.3) is 0 Å². The van der Waals surface area contributed by atoms with Crippen molar-refractivity contribution in [2.75, 3.05) is 6.54 Å². The number of carbonyl (C=O) groups excluding carboxylic acids is 1. The number of carbonyl (C=O) groups is 1. The summed E-state index contributed by atoms with van der Waals surface area (Å²) in [6.07, 6.45) is 4.80. The number of hydrogen-bond donors (Lipinski definition) is 1. The number of epoxide rings is 1. The van der Waals surface area contributed by atoms with E-state index in [2.05, 4.69) is 5.32 Å². The first-order valence-corrected chi connectivity index (χ1v) is 4.64. The van der Waals surface area contributed by atoms with Crippen molar-refractivity contribution >= 4 is 5.78 Å². The molecule has 2 fully saturated rings. The fourth-order valence-electron chi connectivity index (χ4n) is 2.45. The Hall–Kier alpha value is -1.09. The monoisotopic (exact) mass is 177 g/mol. The number of allylic oxidation sites excluding steroid dienone is 2. The van der Waals surface area contributed by atoms with Gasteiger partial charge in [-0.2, -0.15) is 0 Å². The fourth-order valence-corrected chi connectivity index (χ4v) is 2.45. The van der Waals surface area contributed by atoms with Crippen molar-refractivity contribution in [3.63, 3.8) is 0 Å². The Balaban J connectivity index is 2.12. The molecule has 2 aliphatic heterocycles. The summed E-state index contributed by atoms with van der Waals surface area (Å²) in [6.45, 7) is 2.81. The van der Waals surface area contributed by atoms with Gasteiger partial charge in [0.15, 0.2) is 11.4 Å². The lowest BCUT2D eigenvalue weighted by atomic mass is 9.92. The summed E-state index contributed by atoms with van der Waals surface area (Å²) in [5.41, 5.74) is 1.45. The molecule has 3 heteroatoms. The van der Waals surface area contributed by atoms with Crippen LogP contribution in [-0.2, 0) is 9.53 Å². The minimum absolute atomic E-state index is 0.106. The lowest BCUT2D eigenvalue weighted by Gasteiger charge is -2.18. The summed E-state index contributed by atoms with van der Waals surface area (Å²) in [5, 5.41) is 3.23. The van der Waals surface area contributed by atoms with Crippen molar-refractivity contribution in [3.8, 4) is 0 Å². The Morgan fingerprint density at radius 3 is 3.38 bits per heavy atom. The molecule has 0 radical (unpaired) electrons. The molecule has 3 rings (SSSR count). The molecule has 0 aromatic rings. The first-order valence-electron chi connectivity index (χ1n) is 4.64. The Labute approximate surface area is 76.5 Å². The predicted molar refractivity (Wildman–Crippen MR) is 47.1 cm³/mol. The van der Waals surface area contributed by atoms with E-state index >= 15 is 0 Å². The molecule has 0 aromatic carbocycles. The third-order valence-electron chi connectivity index (χ3n) is 3.08. The Kier molecular flexibility index (Phi) is 1.15. The highest BCUT2D eigenvalue weighted by atomic mass is 16.6. The zero-order valence-electron chi connectivity index (χ0n) is 7.46. The molecule has 0 aromatic heterocycles. The Morgan fingerprint density at radius 1 is 1.77 bits per heavy atom. The number of piperidine rings is 1. The maximum absolute atomic E-state index is 11.5. The van der Waals surface area contributed by atoms with Gasteiger partial charge >= 0.3 is 0 Å². The van der Waals surface area contributed by atoms with Crippen LogP contribution in [0.15, 0.2) is 23.4 Å². The predicted octanol–water partition coefficient (Wildman–Crippen LogP) is 0.530. The summed E-state index contributed by atoms with van der Waals surface area (Å²) in [7, 11) is 0. The van der Waals surface area contributed by atoms with Crippen molar-refractivity contribution in [1.82, 2.24) is 5.32 Å². The molecule has 0 saturated carbocycles. The Morgan fingerprint density at radius 2 is 2.62 bits per heavy atom. The number of hydrogen-bond acceptors (Lipinski definition) is 3. The van der Waals surface area contributed by atoms with Crippen LogP contribution in [0.5, 0.6) is 0 Å². The number of ether oxygens (including phenoxy) is 1. The molecule has 13 heavy (non-hydrogen) atoms. The zero-order chi connectivity index (χ0) is 9.05. The van der Waals surface area contributed by atoms with Crippen LogP contribution in [0, 0.1) is 0 Å². The SMILES string of the molecule is CC=C1C(=O)C=C2NCCC3OC213. The standard InChI is InChI=1S/C10H11NO2/c1-2-6-7(12)5-8-10(6)9(13-10)3-4-11-8/h2,5,9,11H,3-4H2,1H3. The van der Waals surface area contributed by atoms with E-state index in [-0.39, 0.29) is 17.5 Å². The van der Waals surface area contributed by atoms with E-state index in [9.17, 15) is 4.79 Å². The number of ketones is 1. The van der Waals surface area contributed by atoms with Gasteiger partial charge < -0.3 is 10.1 Å². The zero-order valence-corrected chi connectivity index (χ0v) is 7.46. The van der Waals surface area contributed by atoms with Crippen LogP contribution in [0.4, 0.5) is 0 Å². The van der Waals surface area contributed by atoms with Gasteiger partial charge in [-0.25, -0.2) is 0 Å².